The first-order valence-electron chi connectivity index (χ1n) is 9.00. The quantitative estimate of drug-likeness (QED) is 0.591. The minimum absolute atomic E-state index is 0.479. The number of hydrogen-bond acceptors (Lipinski definition) is 3. The van der Waals surface area contributed by atoms with Crippen LogP contribution in [0.25, 0.3) is 0 Å². The van der Waals surface area contributed by atoms with Crippen molar-refractivity contribution in [3.05, 3.63) is 0 Å². The molecule has 3 heteroatoms. The number of rotatable bonds is 11. The van der Waals surface area contributed by atoms with Gasteiger partial charge in [0, 0.05) is 26.7 Å². The maximum Gasteiger partial charge on any atom is 0.0587 e. The highest BCUT2D eigenvalue weighted by Gasteiger charge is 2.35. The Morgan fingerprint density at radius 3 is 2.81 bits per heavy atom. The van der Waals surface area contributed by atoms with Crippen molar-refractivity contribution in [1.29, 1.82) is 0 Å². The van der Waals surface area contributed by atoms with Crippen LogP contribution >= 0.6 is 0 Å². The average molecular weight is 299 g/mol. The number of nitrogens with zero attached hydrogens (tertiary/aromatic N) is 1. The first-order valence-corrected chi connectivity index (χ1v) is 9.00. The molecule has 0 aliphatic heterocycles. The second-order valence-corrected chi connectivity index (χ2v) is 7.32. The lowest BCUT2D eigenvalue weighted by Crippen LogP contribution is -2.46. The third-order valence-electron chi connectivity index (χ3n) is 4.92. The van der Waals surface area contributed by atoms with Crippen molar-refractivity contribution in [3.63, 3.8) is 0 Å². The van der Waals surface area contributed by atoms with Crippen LogP contribution < -0.4 is 5.32 Å². The maximum atomic E-state index is 5.16. The van der Waals surface area contributed by atoms with Gasteiger partial charge in [0.25, 0.3) is 0 Å². The van der Waals surface area contributed by atoms with Crippen LogP contribution in [-0.2, 0) is 4.74 Å². The van der Waals surface area contributed by atoms with Crippen molar-refractivity contribution in [2.75, 3.05) is 46.9 Å². The summed E-state index contributed by atoms with van der Waals surface area (Å²) in [5.74, 6) is 0.881. The molecule has 0 spiro atoms. The normalized spacial score (nSPS) is 26.4. The van der Waals surface area contributed by atoms with E-state index >= 15 is 0 Å². The summed E-state index contributed by atoms with van der Waals surface area (Å²) in [6, 6.07) is 0. The SMILES string of the molecule is CCCCCN(C)CC1(CNCCOC)CCCC(C)C1. The van der Waals surface area contributed by atoms with Gasteiger partial charge in [-0.05, 0) is 44.2 Å². The summed E-state index contributed by atoms with van der Waals surface area (Å²) >= 11 is 0. The molecule has 1 N–H and O–H groups in total. The molecule has 0 aromatic rings. The van der Waals surface area contributed by atoms with Gasteiger partial charge in [0.15, 0.2) is 0 Å². The predicted octanol–water partition coefficient (Wildman–Crippen LogP) is 3.54. The van der Waals surface area contributed by atoms with Crippen LogP contribution in [0.5, 0.6) is 0 Å². The van der Waals surface area contributed by atoms with Crippen LogP contribution in [0, 0.1) is 11.3 Å². The second kappa shape index (κ2) is 10.6. The van der Waals surface area contributed by atoms with E-state index in [1.165, 1.54) is 58.0 Å². The van der Waals surface area contributed by atoms with E-state index in [0.29, 0.717) is 5.41 Å². The fourth-order valence-corrected chi connectivity index (χ4v) is 3.94. The molecule has 3 nitrogen and oxygen atoms in total. The molecule has 0 amide bonds. The molecular weight excluding hydrogens is 260 g/mol. The number of hydrogen-bond donors (Lipinski definition) is 1. The zero-order valence-corrected chi connectivity index (χ0v) is 14.9. The Balaban J connectivity index is 2.46. The van der Waals surface area contributed by atoms with Crippen LogP contribution in [0.3, 0.4) is 0 Å². The van der Waals surface area contributed by atoms with Gasteiger partial charge in [0.2, 0.25) is 0 Å². The molecule has 0 heterocycles. The van der Waals surface area contributed by atoms with E-state index in [9.17, 15) is 0 Å². The smallest absolute Gasteiger partial charge is 0.0587 e. The maximum absolute atomic E-state index is 5.16. The van der Waals surface area contributed by atoms with Gasteiger partial charge in [-0.1, -0.05) is 39.5 Å². The van der Waals surface area contributed by atoms with Gasteiger partial charge >= 0.3 is 0 Å². The van der Waals surface area contributed by atoms with E-state index < -0.39 is 0 Å². The van der Waals surface area contributed by atoms with E-state index in [0.717, 1.165) is 25.6 Å². The third-order valence-corrected chi connectivity index (χ3v) is 4.92. The van der Waals surface area contributed by atoms with Crippen molar-refractivity contribution in [2.24, 2.45) is 11.3 Å². The summed E-state index contributed by atoms with van der Waals surface area (Å²) in [4.78, 5) is 2.58. The molecule has 1 rings (SSSR count). The highest BCUT2D eigenvalue weighted by Crippen LogP contribution is 2.39. The lowest BCUT2D eigenvalue weighted by atomic mass is 9.69. The second-order valence-electron chi connectivity index (χ2n) is 7.32. The summed E-state index contributed by atoms with van der Waals surface area (Å²) in [5, 5.41) is 3.64. The molecule has 2 unspecified atom stereocenters. The Labute approximate surface area is 132 Å². The van der Waals surface area contributed by atoms with Crippen molar-refractivity contribution >= 4 is 0 Å². The summed E-state index contributed by atoms with van der Waals surface area (Å²) in [6.07, 6.45) is 9.60. The molecular formula is C18H38N2O. The summed E-state index contributed by atoms with van der Waals surface area (Å²) < 4.78 is 5.16. The van der Waals surface area contributed by atoms with Gasteiger partial charge in [0.1, 0.15) is 0 Å². The Bertz CT molecular complexity index is 260. The molecule has 0 saturated heterocycles. The van der Waals surface area contributed by atoms with Gasteiger partial charge in [-0.2, -0.15) is 0 Å². The van der Waals surface area contributed by atoms with Crippen LogP contribution in [0.1, 0.15) is 58.8 Å². The minimum Gasteiger partial charge on any atom is -0.383 e. The van der Waals surface area contributed by atoms with Crippen LogP contribution in [0.15, 0.2) is 0 Å². The van der Waals surface area contributed by atoms with Gasteiger partial charge in [-0.15, -0.1) is 0 Å². The van der Waals surface area contributed by atoms with E-state index in [-0.39, 0.29) is 0 Å². The standard InChI is InChI=1S/C18H38N2O/c1-5-6-7-12-20(3)16-18(15-19-11-13-21-4)10-8-9-17(2)14-18/h17,19H,5-16H2,1-4H3. The number of unbranched alkanes of at least 4 members (excludes halogenated alkanes) is 2. The monoisotopic (exact) mass is 298 g/mol. The highest BCUT2D eigenvalue weighted by molar-refractivity contribution is 4.89. The van der Waals surface area contributed by atoms with Crippen molar-refractivity contribution in [1.82, 2.24) is 10.2 Å². The zero-order chi connectivity index (χ0) is 15.6. The Hall–Kier alpha value is -0.120. The molecule has 2 atom stereocenters. The van der Waals surface area contributed by atoms with Crippen LogP contribution in [0.2, 0.25) is 0 Å². The van der Waals surface area contributed by atoms with E-state index in [1.54, 1.807) is 7.11 Å². The van der Waals surface area contributed by atoms with Gasteiger partial charge in [-0.25, -0.2) is 0 Å². The zero-order valence-electron chi connectivity index (χ0n) is 14.9. The molecule has 1 saturated carbocycles. The van der Waals surface area contributed by atoms with E-state index in [1.807, 2.05) is 0 Å². The summed E-state index contributed by atoms with van der Waals surface area (Å²) in [7, 11) is 4.09. The fourth-order valence-electron chi connectivity index (χ4n) is 3.94. The number of ether oxygens (including phenoxy) is 1. The molecule has 0 radical (unpaired) electrons. The topological polar surface area (TPSA) is 24.5 Å². The van der Waals surface area contributed by atoms with Crippen molar-refractivity contribution in [2.45, 2.75) is 58.8 Å². The first kappa shape index (κ1) is 18.9. The van der Waals surface area contributed by atoms with E-state index in [4.69, 9.17) is 4.74 Å². The first-order chi connectivity index (χ1) is 10.1. The highest BCUT2D eigenvalue weighted by atomic mass is 16.5. The molecule has 1 aliphatic carbocycles. The Morgan fingerprint density at radius 1 is 1.33 bits per heavy atom. The molecule has 21 heavy (non-hydrogen) atoms. The van der Waals surface area contributed by atoms with Crippen molar-refractivity contribution in [3.8, 4) is 0 Å². The average Bonchev–Trinajstić information content (AvgIpc) is 2.44. The van der Waals surface area contributed by atoms with Gasteiger partial charge < -0.3 is 15.0 Å². The number of nitrogens with one attached hydrogen (secondary N) is 1. The molecule has 0 bridgehead atoms. The van der Waals surface area contributed by atoms with Gasteiger partial charge in [-0.3, -0.25) is 0 Å². The largest absolute Gasteiger partial charge is 0.383 e. The molecule has 0 aromatic heterocycles. The predicted molar refractivity (Wildman–Crippen MR) is 91.8 cm³/mol. The Morgan fingerprint density at radius 2 is 2.14 bits per heavy atom. The molecule has 1 aliphatic rings. The fraction of sp³-hybridized carbons (Fsp3) is 1.00. The molecule has 0 aromatic carbocycles. The van der Waals surface area contributed by atoms with Crippen molar-refractivity contribution < 1.29 is 4.74 Å². The van der Waals surface area contributed by atoms with Crippen LogP contribution in [0.4, 0.5) is 0 Å². The third kappa shape index (κ3) is 7.62. The minimum atomic E-state index is 0.479. The number of methoxy groups -OCH3 is 1. The lowest BCUT2D eigenvalue weighted by molar-refractivity contribution is 0.0882. The van der Waals surface area contributed by atoms with E-state index in [2.05, 4.69) is 31.1 Å². The Kier molecular flexibility index (Phi) is 9.54. The molecule has 1 fully saturated rings. The van der Waals surface area contributed by atoms with Crippen LogP contribution in [-0.4, -0.2) is 51.8 Å². The van der Waals surface area contributed by atoms with Gasteiger partial charge in [0.05, 0.1) is 6.61 Å². The summed E-state index contributed by atoms with van der Waals surface area (Å²) in [5.41, 5.74) is 0.479. The lowest BCUT2D eigenvalue weighted by Gasteiger charge is -2.43. The summed E-state index contributed by atoms with van der Waals surface area (Å²) in [6.45, 7) is 10.2. The molecule has 126 valence electrons.